The molecule has 4 rings (SSSR count). The van der Waals surface area contributed by atoms with Crippen LogP contribution < -0.4 is 10.2 Å². The smallest absolute Gasteiger partial charge is 0.249 e. The van der Waals surface area contributed by atoms with Crippen molar-refractivity contribution in [2.45, 2.75) is 59.2 Å². The molecule has 0 unspecified atom stereocenters. The molecule has 2 aromatic carbocycles. The maximum atomic E-state index is 14.1. The van der Waals surface area contributed by atoms with E-state index in [0.29, 0.717) is 16.8 Å². The van der Waals surface area contributed by atoms with E-state index in [9.17, 15) is 9.59 Å². The van der Waals surface area contributed by atoms with Crippen molar-refractivity contribution in [1.82, 2.24) is 25.3 Å². The van der Waals surface area contributed by atoms with Crippen LogP contribution in [0.4, 0.5) is 5.69 Å². The first kappa shape index (κ1) is 25.0. The fourth-order valence-electron chi connectivity index (χ4n) is 4.08. The molecule has 0 aliphatic carbocycles. The van der Waals surface area contributed by atoms with Gasteiger partial charge in [-0.15, -0.1) is 5.10 Å². The van der Waals surface area contributed by atoms with E-state index in [2.05, 4.69) is 20.6 Å². The molecule has 0 spiro atoms. The highest BCUT2D eigenvalue weighted by molar-refractivity contribution is 6.02. The molecule has 4 aromatic rings. The normalized spacial score (nSPS) is 12.4. The Labute approximate surface area is 211 Å². The number of anilines is 1. The zero-order chi connectivity index (χ0) is 25.9. The second-order valence-electron chi connectivity index (χ2n) is 9.71. The number of amides is 2. The minimum atomic E-state index is -0.924. The molecule has 2 aromatic heterocycles. The second-order valence-corrected chi connectivity index (χ2v) is 9.71. The van der Waals surface area contributed by atoms with Gasteiger partial charge in [-0.1, -0.05) is 42.5 Å². The lowest BCUT2D eigenvalue weighted by Gasteiger charge is -2.35. The van der Waals surface area contributed by atoms with Crippen LogP contribution in [0, 0.1) is 13.8 Å². The lowest BCUT2D eigenvalue weighted by Crippen LogP contribution is -2.51. The van der Waals surface area contributed by atoms with Gasteiger partial charge in [0.15, 0.2) is 0 Å². The summed E-state index contributed by atoms with van der Waals surface area (Å²) in [5.41, 5.74) is 4.17. The predicted octanol–water partition coefficient (Wildman–Crippen LogP) is 4.52. The Morgan fingerprint density at radius 1 is 1.08 bits per heavy atom. The molecule has 0 aliphatic rings. The summed E-state index contributed by atoms with van der Waals surface area (Å²) in [6, 6.07) is 16.1. The number of para-hydroxylation sites is 1. The van der Waals surface area contributed by atoms with Crippen LogP contribution in [0.1, 0.15) is 49.9 Å². The van der Waals surface area contributed by atoms with Gasteiger partial charge in [0.2, 0.25) is 11.8 Å². The third kappa shape index (κ3) is 5.27. The number of aryl methyl sites for hydroxylation is 2. The highest BCUT2D eigenvalue weighted by Crippen LogP contribution is 2.32. The quantitative estimate of drug-likeness (QED) is 0.397. The Morgan fingerprint density at radius 2 is 1.86 bits per heavy atom. The van der Waals surface area contributed by atoms with Crippen molar-refractivity contribution in [1.29, 1.82) is 0 Å². The van der Waals surface area contributed by atoms with Crippen molar-refractivity contribution in [3.05, 3.63) is 83.7 Å². The van der Waals surface area contributed by atoms with Crippen molar-refractivity contribution < 1.29 is 9.59 Å². The van der Waals surface area contributed by atoms with E-state index in [1.807, 2.05) is 83.1 Å². The number of carbonyl (C=O) groups is 2. The van der Waals surface area contributed by atoms with Gasteiger partial charge >= 0.3 is 0 Å². The summed E-state index contributed by atoms with van der Waals surface area (Å²) in [5, 5.41) is 11.5. The highest BCUT2D eigenvalue weighted by atomic mass is 16.2. The SMILES string of the molecule is CCC(C)(C)NC(=O)[C@@H](c1cccnc1)N(C(=O)Cn1nnc2ccccc21)c1cc(C)ccc1C. The van der Waals surface area contributed by atoms with Gasteiger partial charge in [-0.05, 0) is 69.5 Å². The van der Waals surface area contributed by atoms with E-state index in [1.165, 1.54) is 0 Å². The van der Waals surface area contributed by atoms with E-state index < -0.39 is 11.6 Å². The molecule has 1 atom stereocenters. The lowest BCUT2D eigenvalue weighted by molar-refractivity contribution is -0.128. The van der Waals surface area contributed by atoms with Crippen molar-refractivity contribution in [3.63, 3.8) is 0 Å². The topological polar surface area (TPSA) is 93.0 Å². The molecule has 36 heavy (non-hydrogen) atoms. The molecule has 0 saturated carbocycles. The van der Waals surface area contributed by atoms with Crippen molar-refractivity contribution in [3.8, 4) is 0 Å². The van der Waals surface area contributed by atoms with Crippen LogP contribution in [0.15, 0.2) is 67.0 Å². The van der Waals surface area contributed by atoms with Gasteiger partial charge in [-0.3, -0.25) is 19.5 Å². The molecule has 1 N–H and O–H groups in total. The molecule has 0 aliphatic heterocycles. The van der Waals surface area contributed by atoms with E-state index in [0.717, 1.165) is 23.1 Å². The first-order valence-corrected chi connectivity index (χ1v) is 12.1. The van der Waals surface area contributed by atoms with Gasteiger partial charge in [-0.25, -0.2) is 4.68 Å². The average molecular weight is 485 g/mol. The number of pyridine rings is 1. The van der Waals surface area contributed by atoms with Gasteiger partial charge < -0.3 is 5.32 Å². The molecule has 2 amide bonds. The summed E-state index contributed by atoms with van der Waals surface area (Å²) in [7, 11) is 0. The van der Waals surface area contributed by atoms with Crippen LogP contribution in [-0.4, -0.2) is 37.3 Å². The molecule has 0 radical (unpaired) electrons. The van der Waals surface area contributed by atoms with E-state index in [1.54, 1.807) is 28.0 Å². The standard InChI is InChI=1S/C28H32N6O2/c1-6-28(4,5)30-27(36)26(21-10-9-15-29-17-21)34(24-16-19(2)13-14-20(24)3)25(35)18-33-23-12-8-7-11-22(23)31-32-33/h7-17,26H,6,18H2,1-5H3,(H,30,36)/t26-/m1/s1. The fourth-order valence-corrected chi connectivity index (χ4v) is 4.08. The lowest BCUT2D eigenvalue weighted by atomic mass is 9.98. The Bertz CT molecular complexity index is 1380. The monoisotopic (exact) mass is 484 g/mol. The predicted molar refractivity (Wildman–Crippen MR) is 140 cm³/mol. The Balaban J connectivity index is 1.85. The molecule has 8 nitrogen and oxygen atoms in total. The number of hydrogen-bond acceptors (Lipinski definition) is 5. The molecule has 8 heteroatoms. The minimum absolute atomic E-state index is 0.0743. The van der Waals surface area contributed by atoms with Crippen LogP contribution in [0.3, 0.4) is 0 Å². The summed E-state index contributed by atoms with van der Waals surface area (Å²) in [5.74, 6) is -0.551. The summed E-state index contributed by atoms with van der Waals surface area (Å²) in [4.78, 5) is 33.8. The summed E-state index contributed by atoms with van der Waals surface area (Å²) in [6.45, 7) is 9.79. The largest absolute Gasteiger partial charge is 0.349 e. The van der Waals surface area contributed by atoms with E-state index >= 15 is 0 Å². The second kappa shape index (κ2) is 10.3. The van der Waals surface area contributed by atoms with Gasteiger partial charge in [-0.2, -0.15) is 0 Å². The number of benzene rings is 2. The van der Waals surface area contributed by atoms with Gasteiger partial charge in [0, 0.05) is 29.2 Å². The fraction of sp³-hybridized carbons (Fsp3) is 0.321. The summed E-state index contributed by atoms with van der Waals surface area (Å²) in [6.07, 6.45) is 4.03. The highest BCUT2D eigenvalue weighted by Gasteiger charge is 2.36. The van der Waals surface area contributed by atoms with Crippen LogP contribution in [0.25, 0.3) is 11.0 Å². The van der Waals surface area contributed by atoms with Crippen LogP contribution >= 0.6 is 0 Å². The van der Waals surface area contributed by atoms with Crippen LogP contribution in [-0.2, 0) is 16.1 Å². The molecular weight excluding hydrogens is 452 g/mol. The van der Waals surface area contributed by atoms with Crippen molar-refractivity contribution in [2.24, 2.45) is 0 Å². The molecule has 186 valence electrons. The molecular formula is C28H32N6O2. The zero-order valence-electron chi connectivity index (χ0n) is 21.4. The maximum absolute atomic E-state index is 14.1. The molecule has 0 bridgehead atoms. The van der Waals surface area contributed by atoms with Crippen LogP contribution in [0.2, 0.25) is 0 Å². The number of carbonyl (C=O) groups excluding carboxylic acids is 2. The summed E-state index contributed by atoms with van der Waals surface area (Å²) >= 11 is 0. The van der Waals surface area contributed by atoms with Gasteiger partial charge in [0.1, 0.15) is 18.1 Å². The zero-order valence-corrected chi connectivity index (χ0v) is 21.4. The number of fused-ring (bicyclic) bond motifs is 1. The van der Waals surface area contributed by atoms with Gasteiger partial charge in [0.25, 0.3) is 0 Å². The average Bonchev–Trinajstić information content (AvgIpc) is 3.27. The summed E-state index contributed by atoms with van der Waals surface area (Å²) < 4.78 is 1.57. The Morgan fingerprint density at radius 3 is 2.58 bits per heavy atom. The first-order valence-electron chi connectivity index (χ1n) is 12.1. The third-order valence-corrected chi connectivity index (χ3v) is 6.45. The number of nitrogens with zero attached hydrogens (tertiary/aromatic N) is 5. The first-order chi connectivity index (χ1) is 17.2. The van der Waals surface area contributed by atoms with Crippen LogP contribution in [0.5, 0.6) is 0 Å². The Kier molecular flexibility index (Phi) is 7.15. The third-order valence-electron chi connectivity index (χ3n) is 6.45. The number of aromatic nitrogens is 4. The number of rotatable bonds is 8. The van der Waals surface area contributed by atoms with E-state index in [4.69, 9.17) is 0 Å². The Hall–Kier alpha value is -4.07. The number of hydrogen-bond donors (Lipinski definition) is 1. The molecule has 0 saturated heterocycles. The van der Waals surface area contributed by atoms with E-state index in [-0.39, 0.29) is 18.4 Å². The van der Waals surface area contributed by atoms with Crippen molar-refractivity contribution >= 4 is 28.5 Å². The maximum Gasteiger partial charge on any atom is 0.249 e. The van der Waals surface area contributed by atoms with Crippen molar-refractivity contribution in [2.75, 3.05) is 4.90 Å². The minimum Gasteiger partial charge on any atom is -0.349 e. The molecule has 2 heterocycles. The number of nitrogens with one attached hydrogen (secondary N) is 1. The van der Waals surface area contributed by atoms with Gasteiger partial charge in [0.05, 0.1) is 5.52 Å². The molecule has 0 fully saturated rings.